The largest absolute Gasteiger partial charge is 0.358 e. The van der Waals surface area contributed by atoms with Gasteiger partial charge in [-0.2, -0.15) is 4.31 Å². The van der Waals surface area contributed by atoms with Crippen LogP contribution in [-0.2, 0) is 32.6 Å². The van der Waals surface area contributed by atoms with Gasteiger partial charge < -0.3 is 10.2 Å². The first-order valence-corrected chi connectivity index (χ1v) is 10.9. The number of hydrogen-bond acceptors (Lipinski definition) is 5. The van der Waals surface area contributed by atoms with Crippen molar-refractivity contribution in [3.05, 3.63) is 35.4 Å². The maximum Gasteiger partial charge on any atom is 0.237 e. The number of nitrogens with zero attached hydrogens (tertiary/aromatic N) is 3. The number of fused-ring (bicyclic) bond motifs is 1. The first kappa shape index (κ1) is 19.8. The average Bonchev–Trinajstić information content (AvgIpc) is 2.66. The molecule has 2 aliphatic heterocycles. The van der Waals surface area contributed by atoms with Crippen molar-refractivity contribution in [1.29, 1.82) is 0 Å². The summed E-state index contributed by atoms with van der Waals surface area (Å²) in [5.41, 5.74) is 2.27. The molecular weight excluding hydrogens is 368 g/mol. The standard InChI is InChI=1S/C18H26N4O4S/c1-19-18(24)16-11-14-5-3-4-6-15(14)12-21(16)13-17(23)20-7-9-22(10-8-20)27(2,25)26/h3-6,16H,7-13H2,1-2H3,(H,19,24)/t16-/m0/s1. The molecule has 1 N–H and O–H groups in total. The van der Waals surface area contributed by atoms with Gasteiger partial charge in [0.05, 0.1) is 18.8 Å². The molecule has 1 aromatic rings. The maximum absolute atomic E-state index is 12.8. The molecule has 0 saturated carbocycles. The molecule has 0 aliphatic carbocycles. The lowest BCUT2D eigenvalue weighted by atomic mass is 9.93. The molecule has 2 aliphatic rings. The molecule has 1 aromatic carbocycles. The predicted molar refractivity (Wildman–Crippen MR) is 101 cm³/mol. The molecule has 0 radical (unpaired) electrons. The van der Waals surface area contributed by atoms with Crippen LogP contribution in [0, 0.1) is 0 Å². The van der Waals surface area contributed by atoms with E-state index in [0.29, 0.717) is 39.1 Å². The third-order valence-electron chi connectivity index (χ3n) is 5.29. The monoisotopic (exact) mass is 394 g/mol. The van der Waals surface area contributed by atoms with Gasteiger partial charge in [0.25, 0.3) is 0 Å². The number of carbonyl (C=O) groups excluding carboxylic acids is 2. The van der Waals surface area contributed by atoms with Crippen LogP contribution in [0.5, 0.6) is 0 Å². The zero-order valence-corrected chi connectivity index (χ0v) is 16.5. The molecular formula is C18H26N4O4S. The Morgan fingerprint density at radius 3 is 2.33 bits per heavy atom. The summed E-state index contributed by atoms with van der Waals surface area (Å²) in [6.07, 6.45) is 1.76. The summed E-state index contributed by atoms with van der Waals surface area (Å²) in [5.74, 6) is -0.171. The lowest BCUT2D eigenvalue weighted by Gasteiger charge is -2.38. The first-order chi connectivity index (χ1) is 12.8. The van der Waals surface area contributed by atoms with E-state index in [0.717, 1.165) is 11.1 Å². The minimum absolute atomic E-state index is 0.0727. The topological polar surface area (TPSA) is 90.0 Å². The summed E-state index contributed by atoms with van der Waals surface area (Å²) in [6.45, 7) is 2.06. The Labute approximate surface area is 160 Å². The second-order valence-corrected chi connectivity index (χ2v) is 9.03. The van der Waals surface area contributed by atoms with Gasteiger partial charge in [0.15, 0.2) is 0 Å². The van der Waals surface area contributed by atoms with E-state index >= 15 is 0 Å². The van der Waals surface area contributed by atoms with Crippen molar-refractivity contribution >= 4 is 21.8 Å². The summed E-state index contributed by atoms with van der Waals surface area (Å²) in [6, 6.07) is 7.59. The molecule has 0 aromatic heterocycles. The van der Waals surface area contributed by atoms with Crippen LogP contribution in [0.3, 0.4) is 0 Å². The van der Waals surface area contributed by atoms with Gasteiger partial charge in [-0.05, 0) is 17.5 Å². The van der Waals surface area contributed by atoms with Gasteiger partial charge in [0, 0.05) is 39.8 Å². The highest BCUT2D eigenvalue weighted by molar-refractivity contribution is 7.88. The second kappa shape index (κ2) is 7.95. The minimum Gasteiger partial charge on any atom is -0.358 e. The zero-order chi connectivity index (χ0) is 19.6. The second-order valence-electron chi connectivity index (χ2n) is 7.05. The lowest BCUT2D eigenvalue weighted by molar-refractivity contribution is -0.136. The van der Waals surface area contributed by atoms with Crippen LogP contribution in [0.15, 0.2) is 24.3 Å². The Hall–Kier alpha value is -1.97. The summed E-state index contributed by atoms with van der Waals surface area (Å²) in [5, 5.41) is 2.69. The van der Waals surface area contributed by atoms with Gasteiger partial charge in [0.2, 0.25) is 21.8 Å². The highest BCUT2D eigenvalue weighted by Gasteiger charge is 2.34. The lowest BCUT2D eigenvalue weighted by Crippen LogP contribution is -2.55. The van der Waals surface area contributed by atoms with Gasteiger partial charge in [-0.3, -0.25) is 14.5 Å². The van der Waals surface area contributed by atoms with E-state index in [2.05, 4.69) is 5.32 Å². The van der Waals surface area contributed by atoms with Gasteiger partial charge >= 0.3 is 0 Å². The molecule has 148 valence electrons. The molecule has 2 heterocycles. The molecule has 1 saturated heterocycles. The Bertz CT molecular complexity index is 818. The molecule has 1 fully saturated rings. The fourth-order valence-corrected chi connectivity index (χ4v) is 4.54. The van der Waals surface area contributed by atoms with Crippen LogP contribution in [0.25, 0.3) is 0 Å². The van der Waals surface area contributed by atoms with Crippen LogP contribution in [0.4, 0.5) is 0 Å². The number of sulfonamides is 1. The number of piperazine rings is 1. The van der Waals surface area contributed by atoms with Crippen LogP contribution < -0.4 is 5.32 Å². The number of benzene rings is 1. The SMILES string of the molecule is CNC(=O)[C@@H]1Cc2ccccc2CN1CC(=O)N1CCN(S(C)(=O)=O)CC1. The third kappa shape index (κ3) is 4.48. The summed E-state index contributed by atoms with van der Waals surface area (Å²) < 4.78 is 24.6. The van der Waals surface area contributed by atoms with Crippen molar-refractivity contribution in [3.8, 4) is 0 Å². The van der Waals surface area contributed by atoms with Gasteiger partial charge in [-0.15, -0.1) is 0 Å². The van der Waals surface area contributed by atoms with Crippen molar-refractivity contribution < 1.29 is 18.0 Å². The number of hydrogen-bond donors (Lipinski definition) is 1. The van der Waals surface area contributed by atoms with Gasteiger partial charge in [-0.1, -0.05) is 24.3 Å². The van der Waals surface area contributed by atoms with Crippen LogP contribution in [-0.4, -0.2) is 86.4 Å². The van der Waals surface area contributed by atoms with Crippen molar-refractivity contribution in [2.75, 3.05) is 46.0 Å². The van der Waals surface area contributed by atoms with Gasteiger partial charge in [0.1, 0.15) is 0 Å². The van der Waals surface area contributed by atoms with Crippen molar-refractivity contribution in [2.45, 2.75) is 19.0 Å². The number of amides is 2. The first-order valence-electron chi connectivity index (χ1n) is 9.05. The molecule has 2 amide bonds. The molecule has 0 bridgehead atoms. The normalized spacial score (nSPS) is 21.6. The van der Waals surface area contributed by atoms with E-state index in [9.17, 15) is 18.0 Å². The average molecular weight is 394 g/mol. The summed E-state index contributed by atoms with van der Waals surface area (Å²) >= 11 is 0. The van der Waals surface area contributed by atoms with E-state index in [1.54, 1.807) is 11.9 Å². The third-order valence-corrected chi connectivity index (χ3v) is 6.60. The Morgan fingerprint density at radius 1 is 1.11 bits per heavy atom. The molecule has 0 unspecified atom stereocenters. The maximum atomic E-state index is 12.8. The highest BCUT2D eigenvalue weighted by Crippen LogP contribution is 2.23. The molecule has 9 heteroatoms. The molecule has 27 heavy (non-hydrogen) atoms. The van der Waals surface area contributed by atoms with E-state index in [-0.39, 0.29) is 24.4 Å². The Kier molecular flexibility index (Phi) is 5.83. The van der Waals surface area contributed by atoms with E-state index < -0.39 is 10.0 Å². The Morgan fingerprint density at radius 2 is 1.74 bits per heavy atom. The number of likely N-dealkylation sites (N-methyl/N-ethyl adjacent to an activating group) is 1. The van der Waals surface area contributed by atoms with Crippen LogP contribution >= 0.6 is 0 Å². The number of rotatable bonds is 4. The smallest absolute Gasteiger partial charge is 0.237 e. The van der Waals surface area contributed by atoms with E-state index in [1.807, 2.05) is 29.2 Å². The van der Waals surface area contributed by atoms with E-state index in [4.69, 9.17) is 0 Å². The molecule has 0 spiro atoms. The van der Waals surface area contributed by atoms with Crippen LogP contribution in [0.1, 0.15) is 11.1 Å². The number of carbonyl (C=O) groups is 2. The quantitative estimate of drug-likeness (QED) is 0.727. The number of nitrogens with one attached hydrogen (secondary N) is 1. The van der Waals surface area contributed by atoms with Crippen molar-refractivity contribution in [2.24, 2.45) is 0 Å². The predicted octanol–water partition coefficient (Wildman–Crippen LogP) is -0.737. The van der Waals surface area contributed by atoms with Gasteiger partial charge in [-0.25, -0.2) is 8.42 Å². The minimum atomic E-state index is -3.23. The summed E-state index contributed by atoms with van der Waals surface area (Å²) in [4.78, 5) is 28.7. The fraction of sp³-hybridized carbons (Fsp3) is 0.556. The van der Waals surface area contributed by atoms with Crippen molar-refractivity contribution in [1.82, 2.24) is 19.4 Å². The van der Waals surface area contributed by atoms with Crippen LogP contribution in [0.2, 0.25) is 0 Å². The fourth-order valence-electron chi connectivity index (χ4n) is 3.71. The van der Waals surface area contributed by atoms with E-state index in [1.165, 1.54) is 10.6 Å². The molecule has 1 atom stereocenters. The van der Waals surface area contributed by atoms with Crippen molar-refractivity contribution in [3.63, 3.8) is 0 Å². The summed E-state index contributed by atoms with van der Waals surface area (Å²) in [7, 11) is -1.62. The zero-order valence-electron chi connectivity index (χ0n) is 15.7. The Balaban J connectivity index is 1.68. The highest BCUT2D eigenvalue weighted by atomic mass is 32.2. The molecule has 8 nitrogen and oxygen atoms in total. The molecule has 3 rings (SSSR count).